The average Bonchev–Trinajstić information content (AvgIpc) is 3.33. The number of rotatable bonds is 1. The third-order valence-electron chi connectivity index (χ3n) is 5.58. The van der Waals surface area contributed by atoms with Gasteiger partial charge in [-0.2, -0.15) is 6.08 Å². The molecule has 0 unspecified atom stereocenters. The van der Waals surface area contributed by atoms with Crippen LogP contribution in [0.25, 0.3) is 21.5 Å². The smallest absolute Gasteiger partial charge is 1.00 e. The summed E-state index contributed by atoms with van der Waals surface area (Å²) in [5.41, 5.74) is 4.83. The van der Waals surface area contributed by atoms with Gasteiger partial charge < -0.3 is 24.8 Å². The molecule has 34 heavy (non-hydrogen) atoms. The molecule has 0 radical (unpaired) electrons. The van der Waals surface area contributed by atoms with Crippen molar-refractivity contribution in [2.75, 3.05) is 0 Å². The van der Waals surface area contributed by atoms with Crippen LogP contribution in [0, 0.1) is 6.08 Å². The Morgan fingerprint density at radius 1 is 0.853 bits per heavy atom. The van der Waals surface area contributed by atoms with E-state index in [1.165, 1.54) is 61.2 Å². The van der Waals surface area contributed by atoms with E-state index in [0.29, 0.717) is 0 Å². The first-order valence-electron chi connectivity index (χ1n) is 11.7. The molecule has 0 amide bonds. The van der Waals surface area contributed by atoms with Crippen LogP contribution in [0.3, 0.4) is 0 Å². The topological polar surface area (TPSA) is 0 Å². The van der Waals surface area contributed by atoms with Crippen LogP contribution in [-0.2, 0) is 33.8 Å². The van der Waals surface area contributed by atoms with Crippen molar-refractivity contribution in [2.45, 2.75) is 85.2 Å². The van der Waals surface area contributed by atoms with E-state index in [9.17, 15) is 0 Å². The SMILES string of the molecule is CC(C)(C)c1ccc2c(c1)[cH-]c1cc(C(C)(C)C)ccc12.CCC1=[C-]CC=C1.C[Si](C)=[Hf+2].[Cl-].[Cl-]. The molecule has 0 saturated carbocycles. The molecule has 0 bridgehead atoms. The first-order valence-corrected chi connectivity index (χ1v) is 19.6. The number of fused-ring (bicyclic) bond motifs is 3. The molecule has 0 saturated heterocycles. The Hall–Kier alpha value is -0.543. The summed E-state index contributed by atoms with van der Waals surface area (Å²) in [6, 6.07) is 16.2. The molecule has 1 aliphatic carbocycles. The Labute approximate surface area is 236 Å². The van der Waals surface area contributed by atoms with E-state index in [1.807, 2.05) is 0 Å². The van der Waals surface area contributed by atoms with E-state index in [4.69, 9.17) is 0 Å². The van der Waals surface area contributed by atoms with Gasteiger partial charge in [0.15, 0.2) is 0 Å². The second kappa shape index (κ2) is 14.3. The Kier molecular flexibility index (Phi) is 14.0. The first kappa shape index (κ1) is 33.5. The summed E-state index contributed by atoms with van der Waals surface area (Å²) in [4.78, 5) is 0. The minimum atomic E-state index is 0. The van der Waals surface area contributed by atoms with Crippen LogP contribution in [0.1, 0.15) is 72.4 Å². The number of hydrogen-bond acceptors (Lipinski definition) is 0. The molecule has 4 rings (SSSR count). The van der Waals surface area contributed by atoms with Gasteiger partial charge in [0.05, 0.1) is 0 Å². The summed E-state index contributed by atoms with van der Waals surface area (Å²) in [5, 5.41) is 5.48. The van der Waals surface area contributed by atoms with Crippen molar-refractivity contribution >= 4 is 27.0 Å². The second-order valence-corrected chi connectivity index (χ2v) is 23.7. The number of halogens is 2. The predicted molar refractivity (Wildman–Crippen MR) is 143 cm³/mol. The Morgan fingerprint density at radius 3 is 1.53 bits per heavy atom. The summed E-state index contributed by atoms with van der Waals surface area (Å²) < 4.78 is 0. The van der Waals surface area contributed by atoms with Crippen LogP contribution in [0.4, 0.5) is 0 Å². The molecule has 0 atom stereocenters. The van der Waals surface area contributed by atoms with E-state index in [1.54, 1.807) is 0 Å². The minimum absolute atomic E-state index is 0. The van der Waals surface area contributed by atoms with Gasteiger partial charge in [0.1, 0.15) is 0 Å². The quantitative estimate of drug-likeness (QED) is 0.275. The molecule has 0 aromatic heterocycles. The molecule has 0 fully saturated rings. The Balaban J connectivity index is 0.000000702. The van der Waals surface area contributed by atoms with Crippen molar-refractivity contribution in [1.29, 1.82) is 0 Å². The second-order valence-electron chi connectivity index (χ2n) is 10.9. The third kappa shape index (κ3) is 9.84. The largest absolute Gasteiger partial charge is 1.00 e. The van der Waals surface area contributed by atoms with Crippen molar-refractivity contribution in [1.82, 2.24) is 0 Å². The van der Waals surface area contributed by atoms with E-state index in [0.717, 1.165) is 12.8 Å². The molecule has 0 nitrogen and oxygen atoms in total. The fourth-order valence-corrected chi connectivity index (χ4v) is 3.65. The monoisotopic (exact) mass is 678 g/mol. The van der Waals surface area contributed by atoms with Gasteiger partial charge in [0, 0.05) is 0 Å². The van der Waals surface area contributed by atoms with Crippen molar-refractivity contribution in [2.24, 2.45) is 0 Å². The van der Waals surface area contributed by atoms with Crippen LogP contribution >= 0.6 is 0 Å². The van der Waals surface area contributed by atoms with Gasteiger partial charge in [-0.15, -0.1) is 46.2 Å². The molecule has 1 aliphatic rings. The molecule has 3 aromatic rings. The molecule has 3 aromatic carbocycles. The maximum Gasteiger partial charge on any atom is -1.00 e. The van der Waals surface area contributed by atoms with Crippen molar-refractivity contribution in [3.05, 3.63) is 77.4 Å². The van der Waals surface area contributed by atoms with Crippen molar-refractivity contribution < 1.29 is 47.8 Å². The van der Waals surface area contributed by atoms with Crippen molar-refractivity contribution in [3.63, 3.8) is 0 Å². The van der Waals surface area contributed by atoms with E-state index in [-0.39, 0.29) is 41.1 Å². The van der Waals surface area contributed by atoms with Gasteiger partial charge in [-0.3, -0.25) is 6.08 Å². The van der Waals surface area contributed by atoms with Crippen LogP contribution in [0.2, 0.25) is 13.1 Å². The number of benzene rings is 2. The van der Waals surface area contributed by atoms with Crippen LogP contribution in [0.5, 0.6) is 0 Å². The Bertz CT molecular complexity index is 1070. The fraction of sp³-hybridized carbons (Fsp3) is 0.433. The number of allylic oxidation sites excluding steroid dienone is 4. The Morgan fingerprint density at radius 2 is 1.26 bits per heavy atom. The summed E-state index contributed by atoms with van der Waals surface area (Å²) in [6.45, 7) is 20.4. The summed E-state index contributed by atoms with van der Waals surface area (Å²) >= 11 is 1.45. The molecule has 0 aliphatic heterocycles. The minimum Gasteiger partial charge on any atom is -1.00 e. The summed E-state index contributed by atoms with van der Waals surface area (Å²) in [5.74, 6) is 0. The number of hydrogen-bond donors (Lipinski definition) is 0. The summed E-state index contributed by atoms with van der Waals surface area (Å²) in [7, 11) is 0. The molecular weight excluding hydrogens is 638 g/mol. The summed E-state index contributed by atoms with van der Waals surface area (Å²) in [6.07, 6.45) is 9.65. The van der Waals surface area contributed by atoms with E-state index < -0.39 is 0 Å². The van der Waals surface area contributed by atoms with E-state index in [2.05, 4.69) is 122 Å². The van der Waals surface area contributed by atoms with Gasteiger partial charge in [-0.05, 0) is 10.8 Å². The maximum atomic E-state index is 3.21. The zero-order chi connectivity index (χ0) is 24.1. The van der Waals surface area contributed by atoms with E-state index >= 15 is 0 Å². The van der Waals surface area contributed by atoms with Gasteiger partial charge >= 0.3 is 41.6 Å². The fourth-order valence-electron chi connectivity index (χ4n) is 3.65. The van der Waals surface area contributed by atoms with Crippen molar-refractivity contribution in [3.8, 4) is 0 Å². The molecule has 184 valence electrons. The first-order chi connectivity index (χ1) is 14.8. The normalized spacial score (nSPS) is 12.6. The third-order valence-corrected chi connectivity index (χ3v) is 5.58. The van der Waals surface area contributed by atoms with Crippen LogP contribution in [-0.4, -0.2) is 5.49 Å². The zero-order valence-corrected chi connectivity index (χ0v) is 28.5. The van der Waals surface area contributed by atoms with Gasteiger partial charge in [0.2, 0.25) is 0 Å². The van der Waals surface area contributed by atoms with Gasteiger partial charge in [-0.25, -0.2) is 11.6 Å². The zero-order valence-electron chi connectivity index (χ0n) is 22.4. The molecule has 0 N–H and O–H groups in total. The van der Waals surface area contributed by atoms with Crippen LogP contribution < -0.4 is 24.8 Å². The van der Waals surface area contributed by atoms with Gasteiger partial charge in [-0.1, -0.05) is 90.3 Å². The molecule has 0 spiro atoms. The standard InChI is InChI=1S/C21H25.C7H9.C2H6Si.2ClH.Hf/c1-20(2,3)16-7-9-18-14(12-16)11-15-13-17(21(4,5)6)8-10-19(15)18;1-2-7-5-3-4-6-7;1-3-2;;;/h7-13H,1-6H3;3,5H,2,4H2,1H3;1-2H3;2*1H;/q2*-1;;;;+2/p-2. The average molecular weight is 678 g/mol. The molecular formula is C30H40Cl2HfSi-2. The van der Waals surface area contributed by atoms with Gasteiger partial charge in [0.25, 0.3) is 0 Å². The molecule has 4 heteroatoms. The molecule has 0 heterocycles. The maximum absolute atomic E-state index is 3.21. The van der Waals surface area contributed by atoms with Crippen LogP contribution in [0.15, 0.2) is 60.2 Å². The predicted octanol–water partition coefficient (Wildman–Crippen LogP) is 3.19.